The standard InChI is InChI=1S/C19H18N8S/c1-11(2)16-8-14(24-26(16)3)18-23-17(15-9-28-10-20-15)25-27(18)19-21-12-6-4-5-7-13(12)22-19/h4-11H,1-3H3,(H,21,22). The Hall–Kier alpha value is -3.33. The fourth-order valence-corrected chi connectivity index (χ4v) is 3.76. The van der Waals surface area contributed by atoms with Crippen LogP contribution in [0.25, 0.3) is 40.0 Å². The Balaban J connectivity index is 1.72. The molecule has 8 nitrogen and oxygen atoms in total. The highest BCUT2D eigenvalue weighted by Gasteiger charge is 2.21. The van der Waals surface area contributed by atoms with Gasteiger partial charge in [-0.15, -0.1) is 16.4 Å². The summed E-state index contributed by atoms with van der Waals surface area (Å²) in [6, 6.07) is 9.94. The molecule has 0 fully saturated rings. The van der Waals surface area contributed by atoms with Crippen molar-refractivity contribution >= 4 is 22.4 Å². The van der Waals surface area contributed by atoms with Crippen LogP contribution < -0.4 is 0 Å². The van der Waals surface area contributed by atoms with Crippen LogP contribution in [0, 0.1) is 0 Å². The maximum atomic E-state index is 4.74. The number of hydrogen-bond donors (Lipinski definition) is 1. The zero-order valence-corrected chi connectivity index (χ0v) is 16.5. The molecule has 0 spiro atoms. The molecule has 0 aliphatic rings. The molecule has 0 saturated heterocycles. The summed E-state index contributed by atoms with van der Waals surface area (Å²) in [5, 5.41) is 11.3. The third-order valence-corrected chi connectivity index (χ3v) is 5.17. The lowest BCUT2D eigenvalue weighted by atomic mass is 10.1. The highest BCUT2D eigenvalue weighted by Crippen LogP contribution is 2.27. The predicted molar refractivity (Wildman–Crippen MR) is 108 cm³/mol. The van der Waals surface area contributed by atoms with E-state index in [2.05, 4.69) is 45.1 Å². The number of hydrogen-bond acceptors (Lipinski definition) is 6. The molecular weight excluding hydrogens is 372 g/mol. The summed E-state index contributed by atoms with van der Waals surface area (Å²) in [6.45, 7) is 4.29. The van der Waals surface area contributed by atoms with Gasteiger partial charge in [-0.2, -0.15) is 9.78 Å². The van der Waals surface area contributed by atoms with E-state index >= 15 is 0 Å². The van der Waals surface area contributed by atoms with Gasteiger partial charge >= 0.3 is 0 Å². The molecule has 1 aromatic carbocycles. The number of nitrogens with zero attached hydrogens (tertiary/aromatic N) is 7. The second-order valence-electron chi connectivity index (χ2n) is 6.85. The number of aryl methyl sites for hydroxylation is 1. The third-order valence-electron chi connectivity index (χ3n) is 4.58. The van der Waals surface area contributed by atoms with Gasteiger partial charge in [-0.3, -0.25) is 4.68 Å². The van der Waals surface area contributed by atoms with Crippen molar-refractivity contribution < 1.29 is 0 Å². The van der Waals surface area contributed by atoms with Crippen LogP contribution in [-0.4, -0.2) is 39.5 Å². The first-order chi connectivity index (χ1) is 13.6. The van der Waals surface area contributed by atoms with Crippen molar-refractivity contribution in [2.75, 3.05) is 0 Å². The molecule has 0 aliphatic carbocycles. The Morgan fingerprint density at radius 2 is 1.93 bits per heavy atom. The average Bonchev–Trinajstić information content (AvgIpc) is 3.44. The van der Waals surface area contributed by atoms with Gasteiger partial charge in [0, 0.05) is 18.1 Å². The monoisotopic (exact) mass is 390 g/mol. The molecule has 9 heteroatoms. The Labute approximate surface area is 164 Å². The second kappa shape index (κ2) is 6.38. The number of thiazole rings is 1. The van der Waals surface area contributed by atoms with E-state index < -0.39 is 0 Å². The lowest BCUT2D eigenvalue weighted by molar-refractivity contribution is 0.669. The van der Waals surface area contributed by atoms with Crippen molar-refractivity contribution in [1.82, 2.24) is 39.5 Å². The summed E-state index contributed by atoms with van der Waals surface area (Å²) < 4.78 is 3.60. The molecule has 4 heterocycles. The van der Waals surface area contributed by atoms with Crippen molar-refractivity contribution in [3.05, 3.63) is 46.9 Å². The lowest BCUT2D eigenvalue weighted by Crippen LogP contribution is -2.03. The van der Waals surface area contributed by atoms with E-state index in [0.717, 1.165) is 28.1 Å². The summed E-state index contributed by atoms with van der Waals surface area (Å²) in [6.07, 6.45) is 0. The van der Waals surface area contributed by atoms with E-state index in [1.165, 1.54) is 11.3 Å². The normalized spacial score (nSPS) is 11.7. The van der Waals surface area contributed by atoms with Gasteiger partial charge in [0.1, 0.15) is 11.4 Å². The number of rotatable bonds is 4. The summed E-state index contributed by atoms with van der Waals surface area (Å²) in [4.78, 5) is 17.1. The number of fused-ring (bicyclic) bond motifs is 1. The fraction of sp³-hybridized carbons (Fsp3) is 0.211. The summed E-state index contributed by atoms with van der Waals surface area (Å²) in [7, 11) is 1.95. The van der Waals surface area contributed by atoms with Crippen molar-refractivity contribution in [1.29, 1.82) is 0 Å². The molecule has 1 N–H and O–H groups in total. The number of benzene rings is 1. The molecular formula is C19H18N8S. The second-order valence-corrected chi connectivity index (χ2v) is 7.57. The Morgan fingerprint density at radius 3 is 2.64 bits per heavy atom. The molecule has 5 aromatic rings. The number of aromatic amines is 1. The number of H-pyrrole nitrogens is 1. The van der Waals surface area contributed by atoms with Crippen molar-refractivity contribution in [2.45, 2.75) is 19.8 Å². The SMILES string of the molecule is CC(C)c1cc(-c2nc(-c3cscn3)nn2-c2nc3ccccc3[nH]2)nn1C. The molecule has 0 atom stereocenters. The number of para-hydroxylation sites is 2. The molecule has 140 valence electrons. The van der Waals surface area contributed by atoms with Gasteiger partial charge in [0.15, 0.2) is 5.82 Å². The first-order valence-electron chi connectivity index (χ1n) is 8.95. The van der Waals surface area contributed by atoms with Crippen LogP contribution in [0.1, 0.15) is 25.5 Å². The largest absolute Gasteiger partial charge is 0.322 e. The minimum absolute atomic E-state index is 0.354. The van der Waals surface area contributed by atoms with Gasteiger partial charge < -0.3 is 4.98 Å². The number of imidazole rings is 1. The van der Waals surface area contributed by atoms with E-state index in [4.69, 9.17) is 4.98 Å². The molecule has 0 radical (unpaired) electrons. The van der Waals surface area contributed by atoms with Crippen LogP contribution >= 0.6 is 11.3 Å². The van der Waals surface area contributed by atoms with Crippen LogP contribution in [0.15, 0.2) is 41.2 Å². The van der Waals surface area contributed by atoms with E-state index in [1.54, 1.807) is 10.2 Å². The Kier molecular flexibility index (Phi) is 3.83. The Bertz CT molecular complexity index is 1230. The number of aromatic nitrogens is 8. The molecule has 4 aromatic heterocycles. The van der Waals surface area contributed by atoms with Gasteiger partial charge in [-0.05, 0) is 24.1 Å². The highest BCUT2D eigenvalue weighted by molar-refractivity contribution is 7.07. The van der Waals surface area contributed by atoms with E-state index in [0.29, 0.717) is 23.5 Å². The summed E-state index contributed by atoms with van der Waals surface area (Å²) >= 11 is 1.51. The molecule has 28 heavy (non-hydrogen) atoms. The highest BCUT2D eigenvalue weighted by atomic mass is 32.1. The lowest BCUT2D eigenvalue weighted by Gasteiger charge is -2.02. The molecule has 5 rings (SSSR count). The molecule has 0 amide bonds. The topological polar surface area (TPSA) is 90.1 Å². The van der Waals surface area contributed by atoms with E-state index in [-0.39, 0.29) is 0 Å². The van der Waals surface area contributed by atoms with E-state index in [9.17, 15) is 0 Å². The van der Waals surface area contributed by atoms with Gasteiger partial charge in [-0.25, -0.2) is 15.0 Å². The smallest absolute Gasteiger partial charge is 0.231 e. The predicted octanol–water partition coefficient (Wildman–Crippen LogP) is 3.79. The van der Waals surface area contributed by atoms with Crippen LogP contribution in [0.5, 0.6) is 0 Å². The summed E-state index contributed by atoms with van der Waals surface area (Å²) in [5.74, 6) is 2.13. The van der Waals surface area contributed by atoms with Gasteiger partial charge in [0.2, 0.25) is 11.8 Å². The average molecular weight is 390 g/mol. The quantitative estimate of drug-likeness (QED) is 0.504. The molecule has 0 unspecified atom stereocenters. The number of nitrogens with one attached hydrogen (secondary N) is 1. The van der Waals surface area contributed by atoms with E-state index in [1.807, 2.05) is 41.4 Å². The first-order valence-corrected chi connectivity index (χ1v) is 9.89. The van der Waals surface area contributed by atoms with Crippen molar-refractivity contribution in [2.24, 2.45) is 7.05 Å². The molecule has 0 saturated carbocycles. The first kappa shape index (κ1) is 16.8. The van der Waals surface area contributed by atoms with Crippen LogP contribution in [0.4, 0.5) is 0 Å². The molecule has 0 bridgehead atoms. The summed E-state index contributed by atoms with van der Waals surface area (Å²) in [5.41, 5.74) is 6.20. The zero-order chi connectivity index (χ0) is 19.3. The maximum Gasteiger partial charge on any atom is 0.231 e. The van der Waals surface area contributed by atoms with Crippen molar-refractivity contribution in [3.63, 3.8) is 0 Å². The van der Waals surface area contributed by atoms with Crippen molar-refractivity contribution in [3.8, 4) is 29.0 Å². The minimum Gasteiger partial charge on any atom is -0.322 e. The molecule has 0 aliphatic heterocycles. The minimum atomic E-state index is 0.354. The van der Waals surface area contributed by atoms with Crippen LogP contribution in [-0.2, 0) is 7.05 Å². The third kappa shape index (κ3) is 2.71. The van der Waals surface area contributed by atoms with Gasteiger partial charge in [-0.1, -0.05) is 26.0 Å². The fourth-order valence-electron chi connectivity index (χ4n) is 3.23. The Morgan fingerprint density at radius 1 is 1.07 bits per heavy atom. The van der Waals surface area contributed by atoms with Crippen LogP contribution in [0.2, 0.25) is 0 Å². The maximum absolute atomic E-state index is 4.74. The van der Waals surface area contributed by atoms with Crippen LogP contribution in [0.3, 0.4) is 0 Å². The zero-order valence-electron chi connectivity index (χ0n) is 15.7. The van der Waals surface area contributed by atoms with Gasteiger partial charge in [0.25, 0.3) is 0 Å². The van der Waals surface area contributed by atoms with Gasteiger partial charge in [0.05, 0.1) is 16.5 Å².